The zero-order valence-electron chi connectivity index (χ0n) is 6.98. The van der Waals surface area contributed by atoms with Crippen molar-refractivity contribution < 1.29 is 4.92 Å². The summed E-state index contributed by atoms with van der Waals surface area (Å²) in [5, 5.41) is 11.6. The predicted octanol–water partition coefficient (Wildman–Crippen LogP) is 2.80. The van der Waals surface area contributed by atoms with E-state index >= 15 is 0 Å². The number of fused-ring (bicyclic) bond motifs is 1. The summed E-state index contributed by atoms with van der Waals surface area (Å²) in [4.78, 5) is 14.1. The number of nitrogens with zero attached hydrogens (tertiary/aromatic N) is 2. The minimum atomic E-state index is -0.444. The molecular formula is C9H5ClN2O2. The molecule has 0 saturated carbocycles. The van der Waals surface area contributed by atoms with Gasteiger partial charge in [-0.25, -0.2) is 0 Å². The molecule has 70 valence electrons. The summed E-state index contributed by atoms with van der Waals surface area (Å²) in [5.41, 5.74) is 0.738. The van der Waals surface area contributed by atoms with Crippen LogP contribution in [0.2, 0.25) is 5.02 Å². The van der Waals surface area contributed by atoms with Crippen LogP contribution in [0.25, 0.3) is 10.9 Å². The first-order valence-corrected chi connectivity index (χ1v) is 4.24. The van der Waals surface area contributed by atoms with Crippen molar-refractivity contribution in [2.75, 3.05) is 0 Å². The highest BCUT2D eigenvalue weighted by Crippen LogP contribution is 2.21. The summed E-state index contributed by atoms with van der Waals surface area (Å²) in [7, 11) is 0. The Balaban J connectivity index is 2.69. The normalized spacial score (nSPS) is 10.4. The average Bonchev–Trinajstić information content (AvgIpc) is 2.16. The maximum absolute atomic E-state index is 10.5. The first kappa shape index (κ1) is 8.90. The van der Waals surface area contributed by atoms with Crippen LogP contribution in [0.3, 0.4) is 0 Å². The Bertz CT molecular complexity index is 513. The molecule has 14 heavy (non-hydrogen) atoms. The van der Waals surface area contributed by atoms with Crippen molar-refractivity contribution in [1.82, 2.24) is 4.98 Å². The molecule has 4 nitrogen and oxygen atoms in total. The van der Waals surface area contributed by atoms with Crippen LogP contribution in [-0.4, -0.2) is 9.91 Å². The molecule has 2 aromatic rings. The number of aromatic nitrogens is 1. The molecule has 0 fully saturated rings. The number of pyridine rings is 1. The largest absolute Gasteiger partial charge is 0.270 e. The van der Waals surface area contributed by atoms with Crippen LogP contribution in [0, 0.1) is 10.1 Å². The molecule has 1 heterocycles. The van der Waals surface area contributed by atoms with Gasteiger partial charge in [-0.05, 0) is 12.1 Å². The zero-order valence-corrected chi connectivity index (χ0v) is 7.73. The predicted molar refractivity (Wildman–Crippen MR) is 53.4 cm³/mol. The molecule has 0 aliphatic rings. The lowest BCUT2D eigenvalue weighted by atomic mass is 10.2. The lowest BCUT2D eigenvalue weighted by Gasteiger charge is -1.97. The van der Waals surface area contributed by atoms with E-state index in [2.05, 4.69) is 4.98 Å². The first-order valence-electron chi connectivity index (χ1n) is 3.86. The second kappa shape index (κ2) is 3.23. The standard InChI is InChI=1S/C9H5ClN2O2/c10-7-3-6-4-8(12(13)14)1-2-9(6)11-5-7/h1-5H. The number of nitro groups is 1. The van der Waals surface area contributed by atoms with Gasteiger partial charge in [0.1, 0.15) is 0 Å². The van der Waals surface area contributed by atoms with Gasteiger partial charge >= 0.3 is 0 Å². The molecule has 0 aliphatic heterocycles. The van der Waals surface area contributed by atoms with Crippen LogP contribution >= 0.6 is 11.6 Å². The van der Waals surface area contributed by atoms with Crippen LogP contribution in [0.4, 0.5) is 5.69 Å². The highest BCUT2D eigenvalue weighted by molar-refractivity contribution is 6.31. The average molecular weight is 209 g/mol. The molecule has 0 aliphatic carbocycles. The fourth-order valence-electron chi connectivity index (χ4n) is 1.21. The third-order valence-electron chi connectivity index (χ3n) is 1.84. The van der Waals surface area contributed by atoms with Gasteiger partial charge in [-0.2, -0.15) is 0 Å². The fourth-order valence-corrected chi connectivity index (χ4v) is 1.37. The monoisotopic (exact) mass is 208 g/mol. The second-order valence-corrected chi connectivity index (χ2v) is 3.22. The lowest BCUT2D eigenvalue weighted by molar-refractivity contribution is -0.384. The molecule has 2 rings (SSSR count). The minimum Gasteiger partial charge on any atom is -0.258 e. The van der Waals surface area contributed by atoms with Crippen molar-refractivity contribution >= 4 is 28.2 Å². The molecule has 1 aromatic carbocycles. The van der Waals surface area contributed by atoms with E-state index in [9.17, 15) is 10.1 Å². The molecule has 0 amide bonds. The molecule has 0 radical (unpaired) electrons. The van der Waals surface area contributed by atoms with Gasteiger partial charge in [0.2, 0.25) is 0 Å². The number of benzene rings is 1. The maximum Gasteiger partial charge on any atom is 0.270 e. The summed E-state index contributed by atoms with van der Waals surface area (Å²) in [6.45, 7) is 0. The summed E-state index contributed by atoms with van der Waals surface area (Å²) < 4.78 is 0. The van der Waals surface area contributed by atoms with E-state index < -0.39 is 4.92 Å². The highest BCUT2D eigenvalue weighted by atomic mass is 35.5. The number of hydrogen-bond donors (Lipinski definition) is 0. The van der Waals surface area contributed by atoms with Gasteiger partial charge in [-0.1, -0.05) is 11.6 Å². The van der Waals surface area contributed by atoms with E-state index in [4.69, 9.17) is 11.6 Å². The van der Waals surface area contributed by atoms with E-state index in [1.807, 2.05) is 0 Å². The van der Waals surface area contributed by atoms with Crippen molar-refractivity contribution in [3.63, 3.8) is 0 Å². The van der Waals surface area contributed by atoms with Crippen LogP contribution in [0.15, 0.2) is 30.5 Å². The van der Waals surface area contributed by atoms with Crippen molar-refractivity contribution in [3.05, 3.63) is 45.6 Å². The quantitative estimate of drug-likeness (QED) is 0.535. The van der Waals surface area contributed by atoms with Crippen molar-refractivity contribution in [2.24, 2.45) is 0 Å². The molecule has 1 aromatic heterocycles. The third-order valence-corrected chi connectivity index (χ3v) is 2.05. The van der Waals surface area contributed by atoms with Crippen LogP contribution in [0.5, 0.6) is 0 Å². The van der Waals surface area contributed by atoms with Gasteiger partial charge in [-0.3, -0.25) is 15.1 Å². The van der Waals surface area contributed by atoms with E-state index in [1.54, 1.807) is 12.1 Å². The van der Waals surface area contributed by atoms with E-state index in [-0.39, 0.29) is 5.69 Å². The number of halogens is 1. The van der Waals surface area contributed by atoms with E-state index in [0.29, 0.717) is 15.9 Å². The van der Waals surface area contributed by atoms with Crippen molar-refractivity contribution in [2.45, 2.75) is 0 Å². The van der Waals surface area contributed by atoms with Gasteiger partial charge in [0.15, 0.2) is 0 Å². The van der Waals surface area contributed by atoms with Gasteiger partial charge in [0.05, 0.1) is 15.5 Å². The second-order valence-electron chi connectivity index (χ2n) is 2.79. The van der Waals surface area contributed by atoms with Crippen LogP contribution in [0.1, 0.15) is 0 Å². The Labute approximate surface area is 84.3 Å². The maximum atomic E-state index is 10.5. The summed E-state index contributed by atoms with van der Waals surface area (Å²) in [6, 6.07) is 6.12. The van der Waals surface area contributed by atoms with Crippen molar-refractivity contribution in [1.29, 1.82) is 0 Å². The third kappa shape index (κ3) is 1.52. The Morgan fingerprint density at radius 2 is 2.14 bits per heavy atom. The van der Waals surface area contributed by atoms with Crippen molar-refractivity contribution in [3.8, 4) is 0 Å². The summed E-state index contributed by atoms with van der Waals surface area (Å²) in [6.07, 6.45) is 1.51. The van der Waals surface area contributed by atoms with Gasteiger partial charge in [0, 0.05) is 23.7 Å². The van der Waals surface area contributed by atoms with Gasteiger partial charge < -0.3 is 0 Å². The lowest BCUT2D eigenvalue weighted by Crippen LogP contribution is -1.87. The van der Waals surface area contributed by atoms with Crippen LogP contribution in [-0.2, 0) is 0 Å². The number of rotatable bonds is 1. The number of nitro benzene ring substituents is 1. The topological polar surface area (TPSA) is 56.0 Å². The zero-order chi connectivity index (χ0) is 10.1. The number of hydrogen-bond acceptors (Lipinski definition) is 3. The Kier molecular flexibility index (Phi) is 2.05. The Morgan fingerprint density at radius 3 is 2.86 bits per heavy atom. The van der Waals surface area contributed by atoms with E-state index in [0.717, 1.165) is 0 Å². The smallest absolute Gasteiger partial charge is 0.258 e. The highest BCUT2D eigenvalue weighted by Gasteiger charge is 2.06. The fraction of sp³-hybridized carbons (Fsp3) is 0. The van der Waals surface area contributed by atoms with Gasteiger partial charge in [-0.15, -0.1) is 0 Å². The van der Waals surface area contributed by atoms with E-state index in [1.165, 1.54) is 18.3 Å². The molecule has 0 bridgehead atoms. The molecule has 0 saturated heterocycles. The molecule has 0 unspecified atom stereocenters. The molecule has 0 N–H and O–H groups in total. The summed E-state index contributed by atoms with van der Waals surface area (Å²) in [5.74, 6) is 0. The Morgan fingerprint density at radius 1 is 1.36 bits per heavy atom. The first-order chi connectivity index (χ1) is 6.66. The SMILES string of the molecule is O=[N+]([O-])c1ccc2ncc(Cl)cc2c1. The molecule has 5 heteroatoms. The number of non-ortho nitro benzene ring substituents is 1. The summed E-state index contributed by atoms with van der Waals surface area (Å²) >= 11 is 5.72. The molecule has 0 spiro atoms. The Hall–Kier alpha value is -1.68. The van der Waals surface area contributed by atoms with Gasteiger partial charge in [0.25, 0.3) is 5.69 Å². The molecule has 0 atom stereocenters. The van der Waals surface area contributed by atoms with Crippen LogP contribution < -0.4 is 0 Å². The minimum absolute atomic E-state index is 0.0431. The molecular weight excluding hydrogens is 204 g/mol.